The molecule has 1 saturated carbocycles. The number of halogens is 1. The maximum absolute atomic E-state index is 11.6. The molecule has 4 unspecified atom stereocenters. The van der Waals surface area contributed by atoms with Gasteiger partial charge in [-0.25, -0.2) is 0 Å². The Balaban J connectivity index is 1.43. The average molecular weight is 630 g/mol. The lowest BCUT2D eigenvalue weighted by atomic mass is 9.88. The Labute approximate surface area is 250 Å². The minimum atomic E-state index is -0.150. The molecule has 4 aliphatic rings. The van der Waals surface area contributed by atoms with Crippen LogP contribution in [0, 0.1) is 17.8 Å². The van der Waals surface area contributed by atoms with E-state index in [4.69, 9.17) is 28.4 Å². The molecule has 230 valence electrons. The summed E-state index contributed by atoms with van der Waals surface area (Å²) in [7, 11) is 1.45. The van der Waals surface area contributed by atoms with Crippen LogP contribution in [0.3, 0.4) is 0 Å². The quantitative estimate of drug-likeness (QED) is 0.109. The van der Waals surface area contributed by atoms with Crippen molar-refractivity contribution in [2.45, 2.75) is 146 Å². The third kappa shape index (κ3) is 9.50. The second-order valence-corrected chi connectivity index (χ2v) is 13.5. The van der Waals surface area contributed by atoms with E-state index in [1.807, 2.05) is 0 Å². The first-order valence-electron chi connectivity index (χ1n) is 16.1. The van der Waals surface area contributed by atoms with Crippen molar-refractivity contribution in [1.29, 1.82) is 0 Å². The fourth-order valence-corrected chi connectivity index (χ4v) is 7.44. The first-order chi connectivity index (χ1) is 19.5. The highest BCUT2D eigenvalue weighted by Gasteiger charge is 2.51. The van der Waals surface area contributed by atoms with E-state index in [0.717, 1.165) is 77.4 Å². The van der Waals surface area contributed by atoms with E-state index in [2.05, 4.69) is 41.9 Å². The van der Waals surface area contributed by atoms with Gasteiger partial charge in [0.15, 0.2) is 12.6 Å². The van der Waals surface area contributed by atoms with Gasteiger partial charge in [0.05, 0.1) is 31.5 Å². The monoisotopic (exact) mass is 628 g/mol. The van der Waals surface area contributed by atoms with Gasteiger partial charge in [0, 0.05) is 36.8 Å². The molecule has 4 fully saturated rings. The van der Waals surface area contributed by atoms with Gasteiger partial charge >= 0.3 is 5.97 Å². The summed E-state index contributed by atoms with van der Waals surface area (Å²) in [5.74, 6) is 0.928. The van der Waals surface area contributed by atoms with Crippen molar-refractivity contribution < 1.29 is 33.2 Å². The molecule has 0 aromatic rings. The molecule has 0 spiro atoms. The zero-order valence-electron chi connectivity index (χ0n) is 25.0. The van der Waals surface area contributed by atoms with Crippen molar-refractivity contribution in [3.63, 3.8) is 0 Å². The fraction of sp³-hybridized carbons (Fsp3) is 0.906. The molecule has 3 heterocycles. The van der Waals surface area contributed by atoms with Crippen LogP contribution in [-0.2, 0) is 33.2 Å². The number of unbranched alkanes of at least 4 members (excludes halogenated alkanes) is 1. The number of ether oxygens (including phenoxy) is 6. The molecule has 4 rings (SSSR count). The summed E-state index contributed by atoms with van der Waals surface area (Å²) in [5.41, 5.74) is 0. The number of carbonyl (C=O) groups excluding carboxylic acids is 1. The Morgan fingerprint density at radius 1 is 1.02 bits per heavy atom. The molecule has 0 N–H and O–H groups in total. The van der Waals surface area contributed by atoms with Crippen LogP contribution in [-0.4, -0.2) is 68.1 Å². The van der Waals surface area contributed by atoms with Gasteiger partial charge in [-0.1, -0.05) is 54.8 Å². The van der Waals surface area contributed by atoms with E-state index in [9.17, 15) is 4.79 Å². The van der Waals surface area contributed by atoms with Gasteiger partial charge in [0.1, 0.15) is 0 Å². The minimum Gasteiger partial charge on any atom is -0.469 e. The van der Waals surface area contributed by atoms with Crippen LogP contribution in [0.5, 0.6) is 0 Å². The predicted molar refractivity (Wildman–Crippen MR) is 158 cm³/mol. The summed E-state index contributed by atoms with van der Waals surface area (Å²) in [4.78, 5) is 11.8. The molecular weight excluding hydrogens is 576 g/mol. The standard InChI is InChI=1S/C32H53BrO7/c1-4-5-11-22(2)26(39-31-14-6-8-18-36-31)17-16-23-24-20-29(25(33)12-10-13-30(34)35-3)38-28(24)21-27(23)40-32-15-7-9-19-37-32/h16-17,22-29,31-32H,4-15,18-21H2,1-3H3/b17-16+/t22-,23+,24+,25?,26+,27+,28-,29?,31?,32?/m0/s1. The van der Waals surface area contributed by atoms with Crippen molar-refractivity contribution in [3.8, 4) is 0 Å². The molecule has 0 radical (unpaired) electrons. The normalized spacial score (nSPS) is 35.0. The van der Waals surface area contributed by atoms with Crippen LogP contribution >= 0.6 is 15.9 Å². The van der Waals surface area contributed by atoms with E-state index >= 15 is 0 Å². The smallest absolute Gasteiger partial charge is 0.305 e. The van der Waals surface area contributed by atoms with Crippen LogP contribution in [0.15, 0.2) is 12.2 Å². The van der Waals surface area contributed by atoms with E-state index in [-0.39, 0.29) is 53.7 Å². The minimum absolute atomic E-state index is 0.0284. The van der Waals surface area contributed by atoms with Gasteiger partial charge < -0.3 is 28.4 Å². The molecule has 3 saturated heterocycles. The zero-order valence-corrected chi connectivity index (χ0v) is 26.6. The molecule has 0 aromatic heterocycles. The van der Waals surface area contributed by atoms with Crippen LogP contribution in [0.25, 0.3) is 0 Å². The van der Waals surface area contributed by atoms with Crippen molar-refractivity contribution in [1.82, 2.24) is 0 Å². The molecular formula is C32H53BrO7. The number of esters is 1. The van der Waals surface area contributed by atoms with Crippen molar-refractivity contribution in [2.24, 2.45) is 17.8 Å². The van der Waals surface area contributed by atoms with E-state index in [1.165, 1.54) is 26.4 Å². The number of alkyl halides is 1. The van der Waals surface area contributed by atoms with Crippen LogP contribution in [0.1, 0.15) is 104 Å². The van der Waals surface area contributed by atoms with Gasteiger partial charge in [0.25, 0.3) is 0 Å². The molecule has 7 nitrogen and oxygen atoms in total. The summed E-state index contributed by atoms with van der Waals surface area (Å²) < 4.78 is 36.6. The highest BCUT2D eigenvalue weighted by Crippen LogP contribution is 2.48. The lowest BCUT2D eigenvalue weighted by Gasteiger charge is -2.31. The highest BCUT2D eigenvalue weighted by molar-refractivity contribution is 9.09. The number of hydrogen-bond donors (Lipinski definition) is 0. The third-order valence-corrected chi connectivity index (χ3v) is 10.3. The Bertz CT molecular complexity index is 766. The van der Waals surface area contributed by atoms with Crippen molar-refractivity contribution in [3.05, 3.63) is 12.2 Å². The summed E-state index contributed by atoms with van der Waals surface area (Å²) in [5, 5.41) is 0. The molecule has 0 aromatic carbocycles. The Hall–Kier alpha value is -0.510. The summed E-state index contributed by atoms with van der Waals surface area (Å²) in [6, 6.07) is 0. The number of hydrogen-bond acceptors (Lipinski definition) is 7. The topological polar surface area (TPSA) is 72.5 Å². The molecule has 8 heteroatoms. The lowest BCUT2D eigenvalue weighted by molar-refractivity contribution is -0.194. The Morgan fingerprint density at radius 3 is 2.45 bits per heavy atom. The van der Waals surface area contributed by atoms with Gasteiger partial charge in [0.2, 0.25) is 0 Å². The van der Waals surface area contributed by atoms with Gasteiger partial charge in [-0.05, 0) is 76.0 Å². The zero-order chi connectivity index (χ0) is 28.3. The third-order valence-electron chi connectivity index (χ3n) is 9.22. The van der Waals surface area contributed by atoms with Gasteiger partial charge in [-0.3, -0.25) is 4.79 Å². The maximum atomic E-state index is 11.6. The molecule has 0 bridgehead atoms. The van der Waals surface area contributed by atoms with E-state index in [0.29, 0.717) is 18.3 Å². The molecule has 10 atom stereocenters. The number of rotatable bonds is 15. The largest absolute Gasteiger partial charge is 0.469 e. The number of fused-ring (bicyclic) bond motifs is 1. The molecule has 1 aliphatic carbocycles. The van der Waals surface area contributed by atoms with Crippen LogP contribution < -0.4 is 0 Å². The first kappa shape index (κ1) is 32.4. The molecule has 0 amide bonds. The highest BCUT2D eigenvalue weighted by atomic mass is 79.9. The molecule has 3 aliphatic heterocycles. The first-order valence-corrected chi connectivity index (χ1v) is 17.0. The second kappa shape index (κ2) is 17.0. The number of methoxy groups -OCH3 is 1. The van der Waals surface area contributed by atoms with E-state index < -0.39 is 0 Å². The predicted octanol–water partition coefficient (Wildman–Crippen LogP) is 7.09. The van der Waals surface area contributed by atoms with Crippen LogP contribution in [0.4, 0.5) is 0 Å². The SMILES string of the molecule is CCCC[C@H](C)[C@@H](/C=C/[C@@H]1[C@H]2CC(C(Br)CCCC(=O)OC)O[C@H]2C[C@H]1OC1CCCCO1)OC1CCCCO1. The Morgan fingerprint density at radius 2 is 1.77 bits per heavy atom. The summed E-state index contributed by atoms with van der Waals surface area (Å²) in [6.07, 6.45) is 19.0. The van der Waals surface area contributed by atoms with Crippen molar-refractivity contribution >= 4 is 21.9 Å². The Kier molecular flexibility index (Phi) is 13.7. The van der Waals surface area contributed by atoms with Crippen LogP contribution in [0.2, 0.25) is 0 Å². The lowest BCUT2D eigenvalue weighted by Crippen LogP contribution is -2.33. The molecule has 40 heavy (non-hydrogen) atoms. The summed E-state index contributed by atoms with van der Waals surface area (Å²) >= 11 is 3.88. The van der Waals surface area contributed by atoms with Gasteiger partial charge in [-0.15, -0.1) is 0 Å². The average Bonchev–Trinajstić information content (AvgIpc) is 3.53. The van der Waals surface area contributed by atoms with Gasteiger partial charge in [-0.2, -0.15) is 0 Å². The summed E-state index contributed by atoms with van der Waals surface area (Å²) in [6.45, 7) is 6.14. The fourth-order valence-electron chi connectivity index (χ4n) is 6.78. The van der Waals surface area contributed by atoms with E-state index in [1.54, 1.807) is 0 Å². The van der Waals surface area contributed by atoms with Crippen molar-refractivity contribution in [2.75, 3.05) is 20.3 Å². The number of carbonyl (C=O) groups is 1. The maximum Gasteiger partial charge on any atom is 0.305 e. The second-order valence-electron chi connectivity index (χ2n) is 12.3.